The van der Waals surface area contributed by atoms with Gasteiger partial charge >= 0.3 is 0 Å². The molecule has 0 saturated carbocycles. The lowest BCUT2D eigenvalue weighted by Crippen LogP contribution is -2.54. The lowest BCUT2D eigenvalue weighted by atomic mass is 9.97. The van der Waals surface area contributed by atoms with E-state index in [2.05, 4.69) is 4.90 Å². The lowest BCUT2D eigenvalue weighted by molar-refractivity contribution is -0.137. The largest absolute Gasteiger partial charge is 0.368 e. The molecule has 9 heteroatoms. The van der Waals surface area contributed by atoms with Gasteiger partial charge in [-0.15, -0.1) is 0 Å². The van der Waals surface area contributed by atoms with Crippen molar-refractivity contribution in [3.63, 3.8) is 0 Å². The summed E-state index contributed by atoms with van der Waals surface area (Å²) in [6, 6.07) is 6.42. The number of halogens is 1. The number of hydrogen-bond acceptors (Lipinski definition) is 4. The number of piperidine rings is 2. The van der Waals surface area contributed by atoms with Crippen LogP contribution in [0, 0.1) is 11.7 Å². The third-order valence-electron chi connectivity index (χ3n) is 6.48. The van der Waals surface area contributed by atoms with Gasteiger partial charge < -0.3 is 9.80 Å². The van der Waals surface area contributed by atoms with E-state index in [4.69, 9.17) is 0 Å². The normalized spacial score (nSPS) is 24.8. The standard InChI is InChI=1S/C21H31FN4O3S/c22-19-6-8-20(9-7-19)23-13-15-24(16-14-23)21(27)18-5-4-12-26(17-18)30(28,29)25-10-2-1-3-11-25/h6-9,18H,1-5,10-17H2. The van der Waals surface area contributed by atoms with E-state index in [1.807, 2.05) is 4.90 Å². The summed E-state index contributed by atoms with van der Waals surface area (Å²) in [6.45, 7) is 4.55. The maximum absolute atomic E-state index is 13.1. The highest BCUT2D eigenvalue weighted by Gasteiger charge is 2.38. The number of anilines is 1. The van der Waals surface area contributed by atoms with E-state index in [1.165, 1.54) is 16.4 Å². The molecule has 1 amide bonds. The third-order valence-corrected chi connectivity index (χ3v) is 8.49. The first-order valence-corrected chi connectivity index (χ1v) is 12.4. The van der Waals surface area contributed by atoms with Crippen molar-refractivity contribution in [1.82, 2.24) is 13.5 Å². The van der Waals surface area contributed by atoms with Crippen molar-refractivity contribution in [2.75, 3.05) is 57.3 Å². The van der Waals surface area contributed by atoms with Gasteiger partial charge in [0.25, 0.3) is 10.2 Å². The van der Waals surface area contributed by atoms with Crippen LogP contribution in [0.5, 0.6) is 0 Å². The summed E-state index contributed by atoms with van der Waals surface area (Å²) in [5.74, 6) is -0.461. The van der Waals surface area contributed by atoms with Crippen LogP contribution in [0.2, 0.25) is 0 Å². The second-order valence-corrected chi connectivity index (χ2v) is 10.4. The molecule has 30 heavy (non-hydrogen) atoms. The van der Waals surface area contributed by atoms with Gasteiger partial charge in [-0.25, -0.2) is 4.39 Å². The number of piperazine rings is 1. The van der Waals surface area contributed by atoms with E-state index in [0.717, 1.165) is 37.8 Å². The summed E-state index contributed by atoms with van der Waals surface area (Å²) in [5, 5.41) is 0. The Labute approximate surface area is 178 Å². The first kappa shape index (κ1) is 21.5. The molecule has 1 unspecified atom stereocenters. The summed E-state index contributed by atoms with van der Waals surface area (Å²) in [4.78, 5) is 17.1. The van der Waals surface area contributed by atoms with Gasteiger partial charge in [0.05, 0.1) is 5.92 Å². The van der Waals surface area contributed by atoms with Crippen LogP contribution in [-0.2, 0) is 15.0 Å². The quantitative estimate of drug-likeness (QED) is 0.721. The van der Waals surface area contributed by atoms with E-state index in [1.54, 1.807) is 16.4 Å². The summed E-state index contributed by atoms with van der Waals surface area (Å²) >= 11 is 0. The first-order valence-electron chi connectivity index (χ1n) is 11.0. The molecule has 7 nitrogen and oxygen atoms in total. The van der Waals surface area contributed by atoms with Crippen LogP contribution >= 0.6 is 0 Å². The molecule has 3 aliphatic heterocycles. The fraction of sp³-hybridized carbons (Fsp3) is 0.667. The molecule has 0 bridgehead atoms. The van der Waals surface area contributed by atoms with Crippen molar-refractivity contribution in [2.45, 2.75) is 32.1 Å². The van der Waals surface area contributed by atoms with Crippen molar-refractivity contribution in [3.8, 4) is 0 Å². The van der Waals surface area contributed by atoms with Crippen LogP contribution < -0.4 is 4.90 Å². The number of amides is 1. The minimum Gasteiger partial charge on any atom is -0.368 e. The summed E-state index contributed by atoms with van der Waals surface area (Å²) < 4.78 is 42.3. The number of benzene rings is 1. The van der Waals surface area contributed by atoms with Gasteiger partial charge in [0.15, 0.2) is 0 Å². The number of hydrogen-bond donors (Lipinski definition) is 0. The van der Waals surface area contributed by atoms with E-state index in [0.29, 0.717) is 45.8 Å². The fourth-order valence-electron chi connectivity index (χ4n) is 4.71. The van der Waals surface area contributed by atoms with E-state index < -0.39 is 10.2 Å². The minimum absolute atomic E-state index is 0.0623. The monoisotopic (exact) mass is 438 g/mol. The van der Waals surface area contributed by atoms with Crippen molar-refractivity contribution >= 4 is 21.8 Å². The molecule has 1 aromatic carbocycles. The van der Waals surface area contributed by atoms with Crippen molar-refractivity contribution in [1.29, 1.82) is 0 Å². The highest BCUT2D eigenvalue weighted by molar-refractivity contribution is 7.86. The molecule has 3 aliphatic rings. The smallest absolute Gasteiger partial charge is 0.281 e. The topological polar surface area (TPSA) is 64.2 Å². The summed E-state index contributed by atoms with van der Waals surface area (Å²) in [6.07, 6.45) is 4.36. The van der Waals surface area contributed by atoms with Crippen molar-refractivity contribution in [2.24, 2.45) is 5.92 Å². The van der Waals surface area contributed by atoms with Gasteiger partial charge in [0, 0.05) is 58.0 Å². The molecular weight excluding hydrogens is 407 g/mol. The summed E-state index contributed by atoms with van der Waals surface area (Å²) in [5.41, 5.74) is 0.958. The predicted octanol–water partition coefficient (Wildman–Crippen LogP) is 1.92. The van der Waals surface area contributed by atoms with Gasteiger partial charge in [-0.1, -0.05) is 6.42 Å². The van der Waals surface area contributed by atoms with Crippen LogP contribution in [0.15, 0.2) is 24.3 Å². The first-order chi connectivity index (χ1) is 14.4. The Kier molecular flexibility index (Phi) is 6.60. The molecule has 166 valence electrons. The van der Waals surface area contributed by atoms with Gasteiger partial charge in [-0.3, -0.25) is 4.79 Å². The van der Waals surface area contributed by atoms with E-state index in [-0.39, 0.29) is 24.2 Å². The molecule has 0 radical (unpaired) electrons. The third kappa shape index (κ3) is 4.63. The lowest BCUT2D eigenvalue weighted by Gasteiger charge is -2.40. The molecule has 4 rings (SSSR count). The SMILES string of the molecule is O=C(C1CCCN(S(=O)(=O)N2CCCCC2)C1)N1CCN(c2ccc(F)cc2)CC1. The van der Waals surface area contributed by atoms with Crippen molar-refractivity contribution < 1.29 is 17.6 Å². The molecule has 0 N–H and O–H groups in total. The molecule has 1 aromatic rings. The Balaban J connectivity index is 1.34. The average Bonchev–Trinajstić information content (AvgIpc) is 2.80. The Hall–Kier alpha value is -1.71. The Morgan fingerprint density at radius 1 is 0.833 bits per heavy atom. The van der Waals surface area contributed by atoms with Crippen LogP contribution in [-0.4, -0.2) is 80.2 Å². The zero-order valence-electron chi connectivity index (χ0n) is 17.4. The maximum atomic E-state index is 13.1. The Bertz CT molecular complexity index is 834. The average molecular weight is 439 g/mol. The number of carbonyl (C=O) groups is 1. The number of carbonyl (C=O) groups excluding carboxylic acids is 1. The minimum atomic E-state index is -3.47. The predicted molar refractivity (Wildman–Crippen MR) is 114 cm³/mol. The molecule has 0 spiro atoms. The number of rotatable bonds is 4. The van der Waals surface area contributed by atoms with Crippen LogP contribution in [0.25, 0.3) is 0 Å². The van der Waals surface area contributed by atoms with Gasteiger partial charge in [0.1, 0.15) is 5.82 Å². The summed E-state index contributed by atoms with van der Waals surface area (Å²) in [7, 11) is -3.47. The fourth-order valence-corrected chi connectivity index (χ4v) is 6.48. The van der Waals surface area contributed by atoms with E-state index >= 15 is 0 Å². The van der Waals surface area contributed by atoms with Gasteiger partial charge in [-0.2, -0.15) is 17.0 Å². The zero-order valence-corrected chi connectivity index (χ0v) is 18.2. The highest BCUT2D eigenvalue weighted by atomic mass is 32.2. The Morgan fingerprint density at radius 3 is 2.13 bits per heavy atom. The zero-order chi connectivity index (χ0) is 21.1. The number of nitrogens with zero attached hydrogens (tertiary/aromatic N) is 4. The molecule has 1 atom stereocenters. The molecule has 3 saturated heterocycles. The second kappa shape index (κ2) is 9.20. The van der Waals surface area contributed by atoms with Crippen LogP contribution in [0.4, 0.5) is 10.1 Å². The molecule has 0 aromatic heterocycles. The maximum Gasteiger partial charge on any atom is 0.281 e. The molecular formula is C21H31FN4O3S. The van der Waals surface area contributed by atoms with Crippen LogP contribution in [0.3, 0.4) is 0 Å². The Morgan fingerprint density at radius 2 is 1.47 bits per heavy atom. The molecule has 0 aliphatic carbocycles. The van der Waals surface area contributed by atoms with Gasteiger partial charge in [0.2, 0.25) is 5.91 Å². The second-order valence-electron chi connectivity index (χ2n) is 8.45. The van der Waals surface area contributed by atoms with E-state index in [9.17, 15) is 17.6 Å². The molecule has 3 fully saturated rings. The van der Waals surface area contributed by atoms with Crippen LogP contribution in [0.1, 0.15) is 32.1 Å². The highest BCUT2D eigenvalue weighted by Crippen LogP contribution is 2.25. The molecule has 3 heterocycles. The van der Waals surface area contributed by atoms with Gasteiger partial charge in [-0.05, 0) is 49.9 Å². The van der Waals surface area contributed by atoms with Crippen molar-refractivity contribution in [3.05, 3.63) is 30.1 Å².